The Morgan fingerprint density at radius 3 is 2.57 bits per heavy atom. The molecule has 0 bridgehead atoms. The first-order chi connectivity index (χ1) is 16.6. The average molecular weight is 515 g/mol. The Morgan fingerprint density at radius 2 is 1.94 bits per heavy atom. The first-order valence-electron chi connectivity index (χ1n) is 11.0. The molecule has 6 nitrogen and oxygen atoms in total. The molecule has 0 N–H and O–H groups in total. The normalized spacial score (nSPS) is 17.4. The number of rotatable bonds is 10. The standard InChI is InChI=1S/C24H26F4N2O4S/c1-35(32,33)29-20(15-26)21(30(11-10-25)24(31)22-9-4-12-34-22)14-16-5-2-6-17(13-16)18-7-3-8-19(27)23(18)28/h2-3,5-8,13,21-22H,4,9-12,14-15H2,1H3/b29-20+/t21-,22+/m0/s1. The molecular formula is C24H26F4N2O4S. The molecule has 1 heterocycles. The van der Waals surface area contributed by atoms with E-state index in [4.69, 9.17) is 4.74 Å². The molecule has 1 aliphatic heterocycles. The topological polar surface area (TPSA) is 76.0 Å². The quantitative estimate of drug-likeness (QED) is 0.356. The molecule has 1 amide bonds. The monoisotopic (exact) mass is 514 g/mol. The van der Waals surface area contributed by atoms with Crippen molar-refractivity contribution in [2.75, 3.05) is 32.8 Å². The number of ether oxygens (including phenoxy) is 1. The van der Waals surface area contributed by atoms with E-state index >= 15 is 0 Å². The van der Waals surface area contributed by atoms with Gasteiger partial charge in [-0.3, -0.25) is 4.79 Å². The van der Waals surface area contributed by atoms with Gasteiger partial charge < -0.3 is 9.64 Å². The Hall–Kier alpha value is -2.79. The molecule has 0 spiro atoms. The van der Waals surface area contributed by atoms with Crippen LogP contribution < -0.4 is 0 Å². The SMILES string of the molecule is CS(=O)(=O)/N=C(\CF)[C@H](Cc1cccc(-c2cccc(F)c2F)c1)N(CCF)C(=O)[C@H]1CCCO1. The van der Waals surface area contributed by atoms with Gasteiger partial charge in [-0.1, -0.05) is 36.4 Å². The number of benzene rings is 2. The number of hydrogen-bond acceptors (Lipinski definition) is 4. The van der Waals surface area contributed by atoms with Crippen LogP contribution in [-0.2, 0) is 26.0 Å². The summed E-state index contributed by atoms with van der Waals surface area (Å²) in [6.45, 7) is -2.33. The van der Waals surface area contributed by atoms with E-state index in [0.29, 0.717) is 30.6 Å². The molecule has 0 saturated carbocycles. The second-order valence-corrected chi connectivity index (χ2v) is 9.84. The van der Waals surface area contributed by atoms with Gasteiger partial charge in [0.1, 0.15) is 19.5 Å². The first kappa shape index (κ1) is 26.8. The highest BCUT2D eigenvalue weighted by Crippen LogP contribution is 2.27. The summed E-state index contributed by atoms with van der Waals surface area (Å²) in [5, 5.41) is 0. The highest BCUT2D eigenvalue weighted by Gasteiger charge is 2.35. The lowest BCUT2D eigenvalue weighted by atomic mass is 9.96. The fraction of sp³-hybridized carbons (Fsp3) is 0.417. The van der Waals surface area contributed by atoms with Gasteiger partial charge in [0, 0.05) is 18.7 Å². The third kappa shape index (κ3) is 6.88. The van der Waals surface area contributed by atoms with Gasteiger partial charge in [-0.25, -0.2) is 26.0 Å². The predicted molar refractivity (Wildman–Crippen MR) is 124 cm³/mol. The molecule has 190 valence electrons. The molecular weight excluding hydrogens is 488 g/mol. The minimum absolute atomic E-state index is 0.00466. The van der Waals surface area contributed by atoms with Crippen molar-refractivity contribution in [1.82, 2.24) is 4.90 Å². The van der Waals surface area contributed by atoms with E-state index in [2.05, 4.69) is 4.40 Å². The number of amides is 1. The van der Waals surface area contributed by atoms with Gasteiger partial charge in [0.25, 0.3) is 5.91 Å². The van der Waals surface area contributed by atoms with Gasteiger partial charge in [-0.05, 0) is 36.5 Å². The van der Waals surface area contributed by atoms with Crippen LogP contribution in [0.25, 0.3) is 11.1 Å². The fourth-order valence-corrected chi connectivity index (χ4v) is 4.68. The van der Waals surface area contributed by atoms with Crippen LogP contribution in [0.5, 0.6) is 0 Å². The number of halogens is 4. The molecule has 11 heteroatoms. The molecule has 1 aliphatic rings. The van der Waals surface area contributed by atoms with Crippen LogP contribution in [0.4, 0.5) is 17.6 Å². The number of sulfonamides is 1. The Morgan fingerprint density at radius 1 is 1.20 bits per heavy atom. The molecule has 2 aromatic carbocycles. The summed E-state index contributed by atoms with van der Waals surface area (Å²) >= 11 is 0. The molecule has 0 unspecified atom stereocenters. The van der Waals surface area contributed by atoms with E-state index in [1.165, 1.54) is 18.2 Å². The zero-order valence-electron chi connectivity index (χ0n) is 19.1. The van der Waals surface area contributed by atoms with Crippen LogP contribution in [-0.4, -0.2) is 69.8 Å². The van der Waals surface area contributed by atoms with Gasteiger partial charge in [-0.15, -0.1) is 0 Å². The van der Waals surface area contributed by atoms with Crippen LogP contribution >= 0.6 is 0 Å². The smallest absolute Gasteiger partial charge is 0.252 e. The van der Waals surface area contributed by atoms with E-state index in [0.717, 1.165) is 17.2 Å². The van der Waals surface area contributed by atoms with E-state index in [1.54, 1.807) is 18.2 Å². The zero-order chi connectivity index (χ0) is 25.6. The highest BCUT2D eigenvalue weighted by molar-refractivity contribution is 7.89. The summed E-state index contributed by atoms with van der Waals surface area (Å²) in [5.41, 5.74) is 0.307. The van der Waals surface area contributed by atoms with Gasteiger partial charge >= 0.3 is 0 Å². The molecule has 2 atom stereocenters. The number of nitrogens with zero attached hydrogens (tertiary/aromatic N) is 2. The van der Waals surface area contributed by atoms with E-state index < -0.39 is 65.3 Å². The maximum Gasteiger partial charge on any atom is 0.252 e. The third-order valence-corrected chi connectivity index (χ3v) is 6.18. The van der Waals surface area contributed by atoms with E-state index in [1.807, 2.05) is 0 Å². The maximum atomic E-state index is 14.3. The lowest BCUT2D eigenvalue weighted by molar-refractivity contribution is -0.142. The van der Waals surface area contributed by atoms with Crippen molar-refractivity contribution in [1.29, 1.82) is 0 Å². The Labute approximate surface area is 201 Å². The van der Waals surface area contributed by atoms with Gasteiger partial charge in [-0.2, -0.15) is 4.40 Å². The molecule has 0 aliphatic carbocycles. The molecule has 0 radical (unpaired) electrons. The zero-order valence-corrected chi connectivity index (χ0v) is 19.9. The molecule has 3 rings (SSSR count). The van der Waals surface area contributed by atoms with Crippen molar-refractivity contribution in [2.45, 2.75) is 31.4 Å². The predicted octanol–water partition coefficient (Wildman–Crippen LogP) is 3.89. The summed E-state index contributed by atoms with van der Waals surface area (Å²) in [7, 11) is -4.03. The van der Waals surface area contributed by atoms with Crippen LogP contribution in [0, 0.1) is 11.6 Å². The van der Waals surface area contributed by atoms with E-state index in [-0.39, 0.29) is 12.0 Å². The molecule has 1 saturated heterocycles. The average Bonchev–Trinajstić information content (AvgIpc) is 3.36. The second-order valence-electron chi connectivity index (χ2n) is 8.19. The Bertz CT molecular complexity index is 1180. The minimum atomic E-state index is -4.03. The van der Waals surface area contributed by atoms with Crippen molar-refractivity contribution >= 4 is 21.6 Å². The largest absolute Gasteiger partial charge is 0.368 e. The third-order valence-electron chi connectivity index (χ3n) is 5.61. The van der Waals surface area contributed by atoms with Crippen molar-refractivity contribution in [2.24, 2.45) is 4.40 Å². The van der Waals surface area contributed by atoms with Crippen LogP contribution in [0.15, 0.2) is 46.9 Å². The summed E-state index contributed by atoms with van der Waals surface area (Å²) in [6, 6.07) is 8.73. The Kier molecular flexibility index (Phi) is 9.01. The van der Waals surface area contributed by atoms with E-state index in [9.17, 15) is 30.8 Å². The summed E-state index contributed by atoms with van der Waals surface area (Å²) < 4.78 is 88.2. The highest BCUT2D eigenvalue weighted by atomic mass is 32.2. The van der Waals surface area contributed by atoms with Crippen LogP contribution in [0.3, 0.4) is 0 Å². The van der Waals surface area contributed by atoms with Crippen LogP contribution in [0.2, 0.25) is 0 Å². The van der Waals surface area contributed by atoms with Crippen molar-refractivity contribution < 1.29 is 35.5 Å². The van der Waals surface area contributed by atoms with Gasteiger partial charge in [0.15, 0.2) is 11.6 Å². The fourth-order valence-electron chi connectivity index (χ4n) is 4.08. The summed E-state index contributed by atoms with van der Waals surface area (Å²) in [5.74, 6) is -2.66. The summed E-state index contributed by atoms with van der Waals surface area (Å²) in [6.07, 6.45) is 0.822. The number of carbonyl (C=O) groups excluding carboxylic acids is 1. The lowest BCUT2D eigenvalue weighted by Gasteiger charge is -2.33. The maximum absolute atomic E-state index is 14.3. The molecule has 35 heavy (non-hydrogen) atoms. The second kappa shape index (κ2) is 11.8. The van der Waals surface area contributed by atoms with Crippen molar-refractivity contribution in [3.05, 3.63) is 59.7 Å². The first-order valence-corrected chi connectivity index (χ1v) is 12.9. The van der Waals surface area contributed by atoms with Gasteiger partial charge in [0.2, 0.25) is 10.0 Å². The minimum Gasteiger partial charge on any atom is -0.368 e. The van der Waals surface area contributed by atoms with Crippen molar-refractivity contribution in [3.63, 3.8) is 0 Å². The summed E-state index contributed by atoms with van der Waals surface area (Å²) in [4.78, 5) is 14.2. The molecule has 1 fully saturated rings. The Balaban J connectivity index is 2.04. The van der Waals surface area contributed by atoms with Crippen LogP contribution in [0.1, 0.15) is 18.4 Å². The number of carbonyl (C=O) groups is 1. The van der Waals surface area contributed by atoms with Gasteiger partial charge in [0.05, 0.1) is 18.0 Å². The van der Waals surface area contributed by atoms with Crippen molar-refractivity contribution in [3.8, 4) is 11.1 Å². The molecule has 2 aromatic rings. The lowest BCUT2D eigenvalue weighted by Crippen LogP contribution is -2.51. The molecule has 0 aromatic heterocycles. The number of alkyl halides is 2. The number of hydrogen-bond donors (Lipinski definition) is 0.